The molecular weight excluding hydrogens is 383 g/mol. The Balaban J connectivity index is 0.00000225. The maximum Gasteiger partial charge on any atom is 0.225 e. The fourth-order valence-electron chi connectivity index (χ4n) is 3.19. The molecule has 1 unspecified atom stereocenters. The second-order valence-corrected chi connectivity index (χ2v) is 6.98. The van der Waals surface area contributed by atoms with E-state index in [1.165, 1.54) is 0 Å². The average molecular weight is 404 g/mol. The van der Waals surface area contributed by atoms with E-state index < -0.39 is 0 Å². The van der Waals surface area contributed by atoms with Crippen LogP contribution in [0.3, 0.4) is 0 Å². The number of nitrogens with zero attached hydrogens (tertiary/aromatic N) is 2. The van der Waals surface area contributed by atoms with Crippen molar-refractivity contribution in [1.82, 2.24) is 20.4 Å². The predicted octanol–water partition coefficient (Wildman–Crippen LogP) is 3.33. The lowest BCUT2D eigenvalue weighted by atomic mass is 9.90. The Kier molecular flexibility index (Phi) is 6.74. The van der Waals surface area contributed by atoms with Gasteiger partial charge in [-0.05, 0) is 24.1 Å². The number of benzene rings is 1. The van der Waals surface area contributed by atoms with Crippen LogP contribution in [0.5, 0.6) is 0 Å². The van der Waals surface area contributed by atoms with Crippen molar-refractivity contribution in [2.75, 3.05) is 13.1 Å². The molecule has 2 aromatic rings. The number of hydrogen-bond acceptors (Lipinski definition) is 3. The molecule has 25 heavy (non-hydrogen) atoms. The molecule has 0 aliphatic carbocycles. The van der Waals surface area contributed by atoms with Gasteiger partial charge in [0.1, 0.15) is 0 Å². The van der Waals surface area contributed by atoms with Gasteiger partial charge < -0.3 is 10.6 Å². The normalized spacial score (nSPS) is 20.8. The summed E-state index contributed by atoms with van der Waals surface area (Å²) < 4.78 is 1.76. The average Bonchev–Trinajstić information content (AvgIpc) is 3.18. The zero-order valence-electron chi connectivity index (χ0n) is 14.0. The summed E-state index contributed by atoms with van der Waals surface area (Å²) in [5.41, 5.74) is 1.90. The van der Waals surface area contributed by atoms with E-state index in [-0.39, 0.29) is 36.2 Å². The summed E-state index contributed by atoms with van der Waals surface area (Å²) in [6, 6.07) is 5.24. The first kappa shape index (κ1) is 20.0. The predicted molar refractivity (Wildman–Crippen MR) is 103 cm³/mol. The summed E-state index contributed by atoms with van der Waals surface area (Å²) in [5, 5.41) is 11.6. The molecule has 1 aromatic carbocycles. The van der Waals surface area contributed by atoms with Gasteiger partial charge in [0.2, 0.25) is 5.91 Å². The third-order valence-corrected chi connectivity index (χ3v) is 5.34. The van der Waals surface area contributed by atoms with Crippen molar-refractivity contribution in [2.24, 2.45) is 13.0 Å². The van der Waals surface area contributed by atoms with E-state index in [1.54, 1.807) is 10.7 Å². The fourth-order valence-corrected chi connectivity index (χ4v) is 3.66. The molecule has 2 N–H and O–H groups in total. The SMILES string of the molecule is CC(NC(=O)[C@H]1CNC[C@@H]1c1cnn(C)c1)c1cccc(Cl)c1Cl.Cl. The Labute approximate surface area is 163 Å². The van der Waals surface area contributed by atoms with E-state index in [2.05, 4.69) is 15.7 Å². The lowest BCUT2D eigenvalue weighted by Gasteiger charge is -2.21. The molecule has 1 aliphatic rings. The van der Waals surface area contributed by atoms with E-state index in [0.29, 0.717) is 16.6 Å². The van der Waals surface area contributed by atoms with Crippen LogP contribution in [0.4, 0.5) is 0 Å². The van der Waals surface area contributed by atoms with Gasteiger partial charge in [0.05, 0.1) is 28.2 Å². The van der Waals surface area contributed by atoms with Gasteiger partial charge in [-0.15, -0.1) is 12.4 Å². The van der Waals surface area contributed by atoms with Crippen LogP contribution in [0.2, 0.25) is 10.0 Å². The number of halogens is 3. The molecule has 2 heterocycles. The highest BCUT2D eigenvalue weighted by molar-refractivity contribution is 6.42. The molecule has 1 amide bonds. The number of hydrogen-bond donors (Lipinski definition) is 2. The van der Waals surface area contributed by atoms with Crippen molar-refractivity contribution in [3.8, 4) is 0 Å². The first-order valence-electron chi connectivity index (χ1n) is 7.91. The van der Waals surface area contributed by atoms with E-state index in [1.807, 2.05) is 38.5 Å². The van der Waals surface area contributed by atoms with E-state index >= 15 is 0 Å². The van der Waals surface area contributed by atoms with Gasteiger partial charge in [-0.2, -0.15) is 5.10 Å². The van der Waals surface area contributed by atoms with Gasteiger partial charge in [-0.3, -0.25) is 9.48 Å². The Hall–Kier alpha value is -1.27. The van der Waals surface area contributed by atoms with Crippen molar-refractivity contribution < 1.29 is 4.79 Å². The van der Waals surface area contributed by atoms with Crippen molar-refractivity contribution in [3.63, 3.8) is 0 Å². The van der Waals surface area contributed by atoms with Crippen molar-refractivity contribution in [3.05, 3.63) is 51.8 Å². The van der Waals surface area contributed by atoms with Gasteiger partial charge in [-0.1, -0.05) is 35.3 Å². The number of aromatic nitrogens is 2. The Morgan fingerprint density at radius 1 is 1.40 bits per heavy atom. The molecule has 1 fully saturated rings. The second kappa shape index (κ2) is 8.41. The Bertz CT molecular complexity index is 749. The van der Waals surface area contributed by atoms with Gasteiger partial charge in [0, 0.05) is 32.3 Å². The van der Waals surface area contributed by atoms with Gasteiger partial charge in [-0.25, -0.2) is 0 Å². The fraction of sp³-hybridized carbons (Fsp3) is 0.412. The van der Waals surface area contributed by atoms with Gasteiger partial charge >= 0.3 is 0 Å². The lowest BCUT2D eigenvalue weighted by molar-refractivity contribution is -0.125. The van der Waals surface area contributed by atoms with Crippen LogP contribution >= 0.6 is 35.6 Å². The quantitative estimate of drug-likeness (QED) is 0.823. The van der Waals surface area contributed by atoms with Gasteiger partial charge in [0.25, 0.3) is 0 Å². The lowest BCUT2D eigenvalue weighted by Crippen LogP contribution is -2.36. The first-order chi connectivity index (χ1) is 11.5. The monoisotopic (exact) mass is 402 g/mol. The number of amides is 1. The molecule has 1 aromatic heterocycles. The van der Waals surface area contributed by atoms with Gasteiger partial charge in [0.15, 0.2) is 0 Å². The van der Waals surface area contributed by atoms with Crippen molar-refractivity contribution in [1.29, 1.82) is 0 Å². The standard InChI is InChI=1S/C17H20Cl2N4O.ClH/c1-10(12-4-3-5-15(18)16(12)19)22-17(24)14-8-20-7-13(14)11-6-21-23(2)9-11;/h3-6,9-10,13-14,20H,7-8H2,1-2H3,(H,22,24);1H/t10?,13-,14+;/m1./s1. The molecule has 0 saturated carbocycles. The number of rotatable bonds is 4. The molecule has 0 bridgehead atoms. The summed E-state index contributed by atoms with van der Waals surface area (Å²) in [4.78, 5) is 12.8. The van der Waals surface area contributed by atoms with Crippen molar-refractivity contribution in [2.45, 2.75) is 18.9 Å². The molecule has 8 heteroatoms. The molecule has 0 spiro atoms. The molecule has 1 aliphatic heterocycles. The van der Waals surface area contributed by atoms with Crippen molar-refractivity contribution >= 4 is 41.5 Å². The number of carbonyl (C=O) groups excluding carboxylic acids is 1. The summed E-state index contributed by atoms with van der Waals surface area (Å²) in [6.07, 6.45) is 3.80. The van der Waals surface area contributed by atoms with Crippen LogP contribution in [0.1, 0.15) is 30.0 Å². The second-order valence-electron chi connectivity index (χ2n) is 6.19. The molecule has 5 nitrogen and oxygen atoms in total. The zero-order valence-corrected chi connectivity index (χ0v) is 16.3. The maximum atomic E-state index is 12.8. The molecule has 3 atom stereocenters. The van der Waals surface area contributed by atoms with Crippen LogP contribution in [0.15, 0.2) is 30.6 Å². The third kappa shape index (κ3) is 4.29. The van der Waals surface area contributed by atoms with E-state index in [0.717, 1.165) is 17.7 Å². The molecule has 1 saturated heterocycles. The summed E-state index contributed by atoms with van der Waals surface area (Å²) in [7, 11) is 1.88. The first-order valence-corrected chi connectivity index (χ1v) is 8.66. The minimum atomic E-state index is -0.209. The van der Waals surface area contributed by atoms with Crippen LogP contribution in [0.25, 0.3) is 0 Å². The minimum Gasteiger partial charge on any atom is -0.349 e. The van der Waals surface area contributed by atoms with E-state index in [9.17, 15) is 4.79 Å². The maximum absolute atomic E-state index is 12.8. The Morgan fingerprint density at radius 3 is 2.84 bits per heavy atom. The largest absolute Gasteiger partial charge is 0.349 e. The number of aryl methyl sites for hydroxylation is 1. The van der Waals surface area contributed by atoms with Crippen LogP contribution in [-0.2, 0) is 11.8 Å². The molecule has 3 rings (SSSR count). The minimum absolute atomic E-state index is 0. The smallest absolute Gasteiger partial charge is 0.225 e. The Morgan fingerprint density at radius 2 is 2.16 bits per heavy atom. The number of nitrogens with one attached hydrogen (secondary N) is 2. The highest BCUT2D eigenvalue weighted by Crippen LogP contribution is 2.31. The topological polar surface area (TPSA) is 59.0 Å². The van der Waals surface area contributed by atoms with Crippen LogP contribution < -0.4 is 10.6 Å². The molecule has 136 valence electrons. The molecule has 0 radical (unpaired) electrons. The van der Waals surface area contributed by atoms with E-state index in [4.69, 9.17) is 23.2 Å². The highest BCUT2D eigenvalue weighted by atomic mass is 35.5. The summed E-state index contributed by atoms with van der Waals surface area (Å²) >= 11 is 12.3. The van der Waals surface area contributed by atoms with Crippen LogP contribution in [0, 0.1) is 5.92 Å². The number of carbonyl (C=O) groups is 1. The zero-order chi connectivity index (χ0) is 17.3. The third-order valence-electron chi connectivity index (χ3n) is 4.51. The summed E-state index contributed by atoms with van der Waals surface area (Å²) in [5.74, 6) is 0.00716. The summed E-state index contributed by atoms with van der Waals surface area (Å²) in [6.45, 7) is 3.34. The molecular formula is C17H21Cl3N4O. The van der Waals surface area contributed by atoms with Crippen LogP contribution in [-0.4, -0.2) is 28.8 Å². The highest BCUT2D eigenvalue weighted by Gasteiger charge is 2.35.